The van der Waals surface area contributed by atoms with E-state index in [1.54, 1.807) is 0 Å². The van der Waals surface area contributed by atoms with Crippen molar-refractivity contribution in [3.05, 3.63) is 0 Å². The fourth-order valence-electron chi connectivity index (χ4n) is 2.05. The molecule has 13 heavy (non-hydrogen) atoms. The van der Waals surface area contributed by atoms with Crippen LogP contribution in [0.1, 0.15) is 12.8 Å². The third-order valence-electron chi connectivity index (χ3n) is 2.81. The van der Waals surface area contributed by atoms with Gasteiger partial charge < -0.3 is 16.0 Å². The first-order valence-corrected chi connectivity index (χ1v) is 5.13. The lowest BCUT2D eigenvalue weighted by atomic mass is 9.99. The van der Waals surface area contributed by atoms with Gasteiger partial charge in [0.2, 0.25) is 0 Å². The topological polar surface area (TPSA) is 53.6 Å². The van der Waals surface area contributed by atoms with Crippen molar-refractivity contribution in [3.63, 3.8) is 0 Å². The summed E-state index contributed by atoms with van der Waals surface area (Å²) in [6.07, 6.45) is 2.53. The first-order valence-electron chi connectivity index (χ1n) is 5.13. The quantitative estimate of drug-likeness (QED) is 0.581. The highest BCUT2D eigenvalue weighted by molar-refractivity contribution is 5.81. The number of rotatable bonds is 1. The molecule has 0 bridgehead atoms. The molecule has 2 heterocycles. The second-order valence-corrected chi connectivity index (χ2v) is 3.82. The Morgan fingerprint density at radius 3 is 3.23 bits per heavy atom. The summed E-state index contributed by atoms with van der Waals surface area (Å²) in [4.78, 5) is 6.76. The maximum Gasteiger partial charge on any atom is 0.194 e. The summed E-state index contributed by atoms with van der Waals surface area (Å²) >= 11 is 0. The van der Waals surface area contributed by atoms with Crippen LogP contribution in [0.25, 0.3) is 0 Å². The van der Waals surface area contributed by atoms with Gasteiger partial charge in [-0.25, -0.2) is 0 Å². The van der Waals surface area contributed by atoms with Crippen molar-refractivity contribution >= 4 is 5.96 Å². The average molecular weight is 182 g/mol. The van der Waals surface area contributed by atoms with Crippen LogP contribution in [0.5, 0.6) is 0 Å². The largest absolute Gasteiger partial charge is 0.354 e. The number of hydrogen-bond acceptors (Lipinski definition) is 4. The van der Waals surface area contributed by atoms with Crippen molar-refractivity contribution in [1.82, 2.24) is 10.2 Å². The number of nitrogens with one attached hydrogen (secondary N) is 1. The summed E-state index contributed by atoms with van der Waals surface area (Å²) < 4.78 is 0. The number of nitrogens with two attached hydrogens (primary N) is 1. The number of guanidine groups is 1. The molecular formula is C9H18N4. The van der Waals surface area contributed by atoms with Gasteiger partial charge >= 0.3 is 0 Å². The minimum atomic E-state index is 0.666. The molecule has 0 aromatic heterocycles. The van der Waals surface area contributed by atoms with Gasteiger partial charge in [0.1, 0.15) is 0 Å². The summed E-state index contributed by atoms with van der Waals surface area (Å²) in [5.74, 6) is 1.76. The maximum absolute atomic E-state index is 5.68. The molecule has 0 aromatic carbocycles. The molecule has 4 heteroatoms. The minimum Gasteiger partial charge on any atom is -0.354 e. The highest BCUT2D eigenvalue weighted by Gasteiger charge is 2.22. The van der Waals surface area contributed by atoms with Crippen LogP contribution in [0.3, 0.4) is 0 Å². The van der Waals surface area contributed by atoms with E-state index in [-0.39, 0.29) is 0 Å². The number of likely N-dealkylation sites (tertiary alicyclic amines) is 1. The van der Waals surface area contributed by atoms with Crippen LogP contribution in [0.15, 0.2) is 4.99 Å². The maximum atomic E-state index is 5.68. The van der Waals surface area contributed by atoms with E-state index in [0.717, 1.165) is 38.7 Å². The van der Waals surface area contributed by atoms with Crippen LogP contribution >= 0.6 is 0 Å². The van der Waals surface area contributed by atoms with E-state index in [9.17, 15) is 0 Å². The highest BCUT2D eigenvalue weighted by Crippen LogP contribution is 2.15. The monoisotopic (exact) mass is 182 g/mol. The van der Waals surface area contributed by atoms with Gasteiger partial charge in [-0.05, 0) is 25.3 Å². The molecule has 0 spiro atoms. The van der Waals surface area contributed by atoms with Crippen molar-refractivity contribution in [2.45, 2.75) is 12.8 Å². The lowest BCUT2D eigenvalue weighted by Gasteiger charge is -2.33. The number of nitrogens with zero attached hydrogens (tertiary/aromatic N) is 2. The van der Waals surface area contributed by atoms with Crippen molar-refractivity contribution in [2.75, 3.05) is 32.7 Å². The SMILES string of the molecule is NCC1CCCN(C2=NCCN2)C1. The Kier molecular flexibility index (Phi) is 2.68. The van der Waals surface area contributed by atoms with Crippen LogP contribution in [0.4, 0.5) is 0 Å². The lowest BCUT2D eigenvalue weighted by Crippen LogP contribution is -2.46. The molecule has 0 aliphatic carbocycles. The normalized spacial score (nSPS) is 28.5. The van der Waals surface area contributed by atoms with Crippen LogP contribution < -0.4 is 11.1 Å². The van der Waals surface area contributed by atoms with Crippen LogP contribution in [0, 0.1) is 5.92 Å². The molecule has 0 radical (unpaired) electrons. The van der Waals surface area contributed by atoms with Gasteiger partial charge in [0.15, 0.2) is 5.96 Å². The molecule has 1 fully saturated rings. The third kappa shape index (κ3) is 1.94. The Morgan fingerprint density at radius 2 is 2.54 bits per heavy atom. The molecule has 4 nitrogen and oxygen atoms in total. The molecule has 2 rings (SSSR count). The van der Waals surface area contributed by atoms with Gasteiger partial charge in [0.05, 0.1) is 6.54 Å². The standard InChI is InChI=1S/C9H18N4/c10-6-8-2-1-5-13(7-8)9-11-3-4-12-9/h8H,1-7,10H2,(H,11,12). The number of piperidine rings is 1. The zero-order valence-corrected chi connectivity index (χ0v) is 8.00. The summed E-state index contributed by atoms with van der Waals surface area (Å²) in [6.45, 7) is 4.96. The Balaban J connectivity index is 1.91. The summed E-state index contributed by atoms with van der Waals surface area (Å²) in [5.41, 5.74) is 5.68. The fourth-order valence-corrected chi connectivity index (χ4v) is 2.05. The second-order valence-electron chi connectivity index (χ2n) is 3.82. The average Bonchev–Trinajstić information content (AvgIpc) is 2.71. The predicted octanol–water partition coefficient (Wildman–Crippen LogP) is -0.384. The Labute approximate surface area is 79.2 Å². The zero-order chi connectivity index (χ0) is 9.10. The molecule has 2 aliphatic rings. The first-order chi connectivity index (χ1) is 6.40. The zero-order valence-electron chi connectivity index (χ0n) is 8.00. The summed E-state index contributed by atoms with van der Waals surface area (Å²) in [7, 11) is 0. The van der Waals surface area contributed by atoms with Crippen molar-refractivity contribution in [1.29, 1.82) is 0 Å². The van der Waals surface area contributed by atoms with Crippen molar-refractivity contribution in [2.24, 2.45) is 16.6 Å². The van der Waals surface area contributed by atoms with E-state index in [0.29, 0.717) is 5.92 Å². The lowest BCUT2D eigenvalue weighted by molar-refractivity contribution is 0.259. The van der Waals surface area contributed by atoms with E-state index in [2.05, 4.69) is 15.2 Å². The Morgan fingerprint density at radius 1 is 1.62 bits per heavy atom. The predicted molar refractivity (Wildman–Crippen MR) is 53.7 cm³/mol. The van der Waals surface area contributed by atoms with Crippen LogP contribution in [-0.4, -0.2) is 43.6 Å². The molecule has 74 valence electrons. The van der Waals surface area contributed by atoms with Gasteiger partial charge in [0, 0.05) is 19.6 Å². The molecule has 0 saturated carbocycles. The molecule has 0 aromatic rings. The fraction of sp³-hybridized carbons (Fsp3) is 0.889. The smallest absolute Gasteiger partial charge is 0.194 e. The van der Waals surface area contributed by atoms with Gasteiger partial charge in [0.25, 0.3) is 0 Å². The van der Waals surface area contributed by atoms with E-state index in [1.165, 1.54) is 12.8 Å². The van der Waals surface area contributed by atoms with Gasteiger partial charge in [-0.15, -0.1) is 0 Å². The van der Waals surface area contributed by atoms with Crippen molar-refractivity contribution in [3.8, 4) is 0 Å². The molecule has 1 unspecified atom stereocenters. The molecule has 1 saturated heterocycles. The van der Waals surface area contributed by atoms with Crippen LogP contribution in [-0.2, 0) is 0 Å². The summed E-state index contributed by atoms with van der Waals surface area (Å²) in [5, 5.41) is 3.31. The Hall–Kier alpha value is -0.770. The molecular weight excluding hydrogens is 164 g/mol. The van der Waals surface area contributed by atoms with E-state index in [4.69, 9.17) is 5.73 Å². The van der Waals surface area contributed by atoms with E-state index in [1.807, 2.05) is 0 Å². The van der Waals surface area contributed by atoms with Crippen LogP contribution in [0.2, 0.25) is 0 Å². The minimum absolute atomic E-state index is 0.666. The van der Waals surface area contributed by atoms with Gasteiger partial charge in [-0.3, -0.25) is 4.99 Å². The van der Waals surface area contributed by atoms with Gasteiger partial charge in [-0.2, -0.15) is 0 Å². The highest BCUT2D eigenvalue weighted by atomic mass is 15.3. The van der Waals surface area contributed by atoms with E-state index < -0.39 is 0 Å². The van der Waals surface area contributed by atoms with E-state index >= 15 is 0 Å². The molecule has 0 amide bonds. The summed E-state index contributed by atoms with van der Waals surface area (Å²) in [6, 6.07) is 0. The Bertz CT molecular complexity index is 202. The molecule has 2 aliphatic heterocycles. The number of aliphatic imine (C=N–C) groups is 1. The number of hydrogen-bond donors (Lipinski definition) is 2. The molecule has 3 N–H and O–H groups in total. The first kappa shape index (κ1) is 8.81. The third-order valence-corrected chi connectivity index (χ3v) is 2.81. The van der Waals surface area contributed by atoms with Crippen molar-refractivity contribution < 1.29 is 0 Å². The molecule has 1 atom stereocenters. The van der Waals surface area contributed by atoms with Gasteiger partial charge in [-0.1, -0.05) is 0 Å². The second kappa shape index (κ2) is 3.96.